The number of rotatable bonds is 6. The van der Waals surface area contributed by atoms with Crippen molar-refractivity contribution in [1.82, 2.24) is 20.4 Å². The maximum absolute atomic E-state index is 13.5. The lowest BCUT2D eigenvalue weighted by Crippen LogP contribution is -2.50. The van der Waals surface area contributed by atoms with Crippen molar-refractivity contribution in [3.63, 3.8) is 0 Å². The molecule has 2 N–H and O–H groups in total. The quantitative estimate of drug-likeness (QED) is 0.471. The molecule has 1 saturated heterocycles. The summed E-state index contributed by atoms with van der Waals surface area (Å²) in [5.74, 6) is 0.191. The number of ether oxygens (including phenoxy) is 2. The number of nitrogens with one attached hydrogen (secondary N) is 2. The molecule has 2 heterocycles. The van der Waals surface area contributed by atoms with E-state index in [2.05, 4.69) is 24.5 Å². The number of amides is 3. The van der Waals surface area contributed by atoms with Crippen molar-refractivity contribution in [3.8, 4) is 5.75 Å². The SMILES string of the molecule is CC(C)CN[C@H]1C[C@H]2COc3cccc(c3)C(=O)N(C)[C@H](C(=O)NCc3ccc4ccccc4c3)COCC(=O)N2C1. The first-order valence-corrected chi connectivity index (χ1v) is 14.6. The fourth-order valence-electron chi connectivity index (χ4n) is 5.55. The van der Waals surface area contributed by atoms with Crippen molar-refractivity contribution in [1.29, 1.82) is 0 Å². The summed E-state index contributed by atoms with van der Waals surface area (Å²) in [5, 5.41) is 8.72. The average Bonchev–Trinajstić information content (AvgIpc) is 3.42. The second-order valence-electron chi connectivity index (χ2n) is 11.6. The van der Waals surface area contributed by atoms with Gasteiger partial charge in [0.25, 0.3) is 5.91 Å². The van der Waals surface area contributed by atoms with Crippen molar-refractivity contribution in [3.05, 3.63) is 77.9 Å². The fraction of sp³-hybridized carbons (Fsp3) is 0.424. The summed E-state index contributed by atoms with van der Waals surface area (Å²) in [6, 6.07) is 20.1. The lowest BCUT2D eigenvalue weighted by atomic mass is 10.1. The summed E-state index contributed by atoms with van der Waals surface area (Å²) < 4.78 is 11.9. The van der Waals surface area contributed by atoms with Gasteiger partial charge in [0.2, 0.25) is 11.8 Å². The van der Waals surface area contributed by atoms with E-state index in [1.54, 1.807) is 31.3 Å². The van der Waals surface area contributed by atoms with Gasteiger partial charge < -0.3 is 29.9 Å². The molecule has 0 aliphatic carbocycles. The van der Waals surface area contributed by atoms with E-state index >= 15 is 0 Å². The van der Waals surface area contributed by atoms with Gasteiger partial charge in [0.05, 0.1) is 12.6 Å². The largest absolute Gasteiger partial charge is 0.491 e. The minimum atomic E-state index is -0.937. The van der Waals surface area contributed by atoms with Gasteiger partial charge in [0.15, 0.2) is 0 Å². The number of nitrogens with zero attached hydrogens (tertiary/aromatic N) is 2. The summed E-state index contributed by atoms with van der Waals surface area (Å²) in [6.07, 6.45) is 0.764. The van der Waals surface area contributed by atoms with Crippen molar-refractivity contribution < 1.29 is 23.9 Å². The van der Waals surface area contributed by atoms with Crippen molar-refractivity contribution in [2.75, 3.05) is 40.0 Å². The number of hydrogen-bond donors (Lipinski definition) is 2. The van der Waals surface area contributed by atoms with Crippen LogP contribution in [0.2, 0.25) is 0 Å². The molecule has 0 saturated carbocycles. The summed E-state index contributed by atoms with van der Waals surface area (Å²) in [5.41, 5.74) is 1.36. The predicted molar refractivity (Wildman–Crippen MR) is 161 cm³/mol. The average molecular weight is 573 g/mol. The van der Waals surface area contributed by atoms with Crippen LogP contribution in [0.4, 0.5) is 0 Å². The Morgan fingerprint density at radius 1 is 1.00 bits per heavy atom. The van der Waals surface area contributed by atoms with Crippen molar-refractivity contribution in [2.24, 2.45) is 5.92 Å². The molecule has 3 amide bonds. The highest BCUT2D eigenvalue weighted by Gasteiger charge is 2.36. The smallest absolute Gasteiger partial charge is 0.254 e. The van der Waals surface area contributed by atoms with Gasteiger partial charge in [0.1, 0.15) is 25.0 Å². The molecule has 3 aromatic rings. The Bertz CT molecular complexity index is 1430. The van der Waals surface area contributed by atoms with E-state index in [4.69, 9.17) is 9.47 Å². The molecule has 2 aliphatic rings. The lowest BCUT2D eigenvalue weighted by Gasteiger charge is -2.29. The molecule has 3 atom stereocenters. The third-order valence-corrected chi connectivity index (χ3v) is 7.95. The van der Waals surface area contributed by atoms with Crippen LogP contribution < -0.4 is 15.4 Å². The van der Waals surface area contributed by atoms with Crippen LogP contribution >= 0.6 is 0 Å². The van der Waals surface area contributed by atoms with Crippen LogP contribution in [0.3, 0.4) is 0 Å². The summed E-state index contributed by atoms with van der Waals surface area (Å²) >= 11 is 0. The predicted octanol–water partition coefficient (Wildman–Crippen LogP) is 3.22. The van der Waals surface area contributed by atoms with E-state index < -0.39 is 6.04 Å². The summed E-state index contributed by atoms with van der Waals surface area (Å²) in [6.45, 7) is 6.06. The topological polar surface area (TPSA) is 100 Å². The first-order valence-electron chi connectivity index (χ1n) is 14.6. The van der Waals surface area contributed by atoms with Gasteiger partial charge >= 0.3 is 0 Å². The molecule has 2 bridgehead atoms. The fourth-order valence-corrected chi connectivity index (χ4v) is 5.55. The van der Waals surface area contributed by atoms with Gasteiger partial charge in [-0.3, -0.25) is 14.4 Å². The van der Waals surface area contributed by atoms with Crippen LogP contribution in [-0.4, -0.2) is 85.6 Å². The van der Waals surface area contributed by atoms with E-state index in [-0.39, 0.29) is 43.0 Å². The Morgan fingerprint density at radius 3 is 2.62 bits per heavy atom. The molecule has 0 unspecified atom stereocenters. The zero-order valence-electron chi connectivity index (χ0n) is 24.5. The molecule has 0 aromatic heterocycles. The highest BCUT2D eigenvalue weighted by Crippen LogP contribution is 2.23. The number of benzene rings is 3. The lowest BCUT2D eigenvalue weighted by molar-refractivity contribution is -0.140. The maximum atomic E-state index is 13.5. The second kappa shape index (κ2) is 13.4. The Hall–Kier alpha value is -3.95. The number of fused-ring (bicyclic) bond motifs is 4. The summed E-state index contributed by atoms with van der Waals surface area (Å²) in [4.78, 5) is 43.4. The van der Waals surface area contributed by atoms with Gasteiger partial charge in [-0.1, -0.05) is 56.3 Å². The Labute approximate surface area is 247 Å². The Balaban J connectivity index is 1.33. The second-order valence-corrected chi connectivity index (χ2v) is 11.6. The molecule has 42 heavy (non-hydrogen) atoms. The van der Waals surface area contributed by atoms with Crippen LogP contribution in [0.15, 0.2) is 66.7 Å². The molecule has 1 fully saturated rings. The Kier molecular flexibility index (Phi) is 9.39. The minimum absolute atomic E-state index is 0.110. The molecule has 3 aromatic carbocycles. The minimum Gasteiger partial charge on any atom is -0.491 e. The number of carbonyl (C=O) groups excluding carboxylic acids is 3. The molecular weight excluding hydrogens is 532 g/mol. The van der Waals surface area contributed by atoms with Crippen molar-refractivity contribution in [2.45, 2.75) is 44.9 Å². The van der Waals surface area contributed by atoms with Gasteiger partial charge in [-0.15, -0.1) is 0 Å². The molecule has 222 valence electrons. The third-order valence-electron chi connectivity index (χ3n) is 7.95. The highest BCUT2D eigenvalue weighted by molar-refractivity contribution is 5.97. The van der Waals surface area contributed by atoms with Crippen LogP contribution in [0.25, 0.3) is 10.8 Å². The first kappa shape index (κ1) is 29.5. The maximum Gasteiger partial charge on any atom is 0.254 e. The Morgan fingerprint density at radius 2 is 1.81 bits per heavy atom. The molecular formula is C33H40N4O5. The standard InChI is InChI=1S/C33H40N4O5/c1-22(2)16-34-27-15-28-19-42-29-10-6-9-26(14-29)33(40)36(3)30(20-41-21-31(38)37(28)18-27)32(39)35-17-23-11-12-24-7-4-5-8-25(24)13-23/h4-14,22,27-28,30,34H,15-21H2,1-3H3,(H,35,39)/t27-,28-,30-/m0/s1. The molecule has 0 radical (unpaired) electrons. The van der Waals surface area contributed by atoms with E-state index in [0.717, 1.165) is 29.3 Å². The van der Waals surface area contributed by atoms with Gasteiger partial charge in [-0.25, -0.2) is 0 Å². The number of carbonyl (C=O) groups is 3. The van der Waals surface area contributed by atoms with E-state index in [9.17, 15) is 14.4 Å². The zero-order chi connectivity index (χ0) is 29.6. The van der Waals surface area contributed by atoms with Crippen LogP contribution in [0.1, 0.15) is 36.2 Å². The van der Waals surface area contributed by atoms with Gasteiger partial charge in [-0.2, -0.15) is 0 Å². The molecule has 9 nitrogen and oxygen atoms in total. The van der Waals surface area contributed by atoms with Crippen molar-refractivity contribution >= 4 is 28.5 Å². The third kappa shape index (κ3) is 7.09. The van der Waals surface area contributed by atoms with E-state index in [1.807, 2.05) is 47.4 Å². The number of hydrogen-bond acceptors (Lipinski definition) is 6. The zero-order valence-corrected chi connectivity index (χ0v) is 24.5. The number of likely N-dealkylation sites (N-methyl/N-ethyl adjacent to an activating group) is 1. The monoisotopic (exact) mass is 572 g/mol. The van der Waals surface area contributed by atoms with Gasteiger partial charge in [0, 0.05) is 31.7 Å². The highest BCUT2D eigenvalue weighted by atomic mass is 16.5. The van der Waals surface area contributed by atoms with E-state index in [1.165, 1.54) is 4.90 Å². The molecule has 9 heteroatoms. The molecule has 0 spiro atoms. The van der Waals surface area contributed by atoms with Crippen LogP contribution in [0.5, 0.6) is 5.75 Å². The first-order chi connectivity index (χ1) is 20.3. The molecule has 5 rings (SSSR count). The van der Waals surface area contributed by atoms with E-state index in [0.29, 0.717) is 36.9 Å². The summed E-state index contributed by atoms with van der Waals surface area (Å²) in [7, 11) is 1.58. The van der Waals surface area contributed by atoms with Crippen LogP contribution in [-0.2, 0) is 20.9 Å². The van der Waals surface area contributed by atoms with Crippen LogP contribution in [0, 0.1) is 5.92 Å². The van der Waals surface area contributed by atoms with Gasteiger partial charge in [-0.05, 0) is 59.5 Å². The normalized spacial score (nSPS) is 21.7. The molecule has 2 aliphatic heterocycles.